The lowest BCUT2D eigenvalue weighted by molar-refractivity contribution is 0.0607. The van der Waals surface area contributed by atoms with Gasteiger partial charge in [-0.05, 0) is 49.0 Å². The first-order valence-corrected chi connectivity index (χ1v) is 11.6. The van der Waals surface area contributed by atoms with Crippen LogP contribution in [0.3, 0.4) is 0 Å². The van der Waals surface area contributed by atoms with Crippen molar-refractivity contribution < 1.29 is 9.59 Å². The smallest absolute Gasteiger partial charge is 0.261 e. The summed E-state index contributed by atoms with van der Waals surface area (Å²) < 4.78 is 0. The molecule has 33 heavy (non-hydrogen) atoms. The van der Waals surface area contributed by atoms with Crippen LogP contribution in [0.25, 0.3) is 10.8 Å². The van der Waals surface area contributed by atoms with E-state index in [1.807, 2.05) is 36.4 Å². The summed E-state index contributed by atoms with van der Waals surface area (Å²) in [5.74, 6) is -0.312. The monoisotopic (exact) mass is 463 g/mol. The Morgan fingerprint density at radius 2 is 1.24 bits per heavy atom. The summed E-state index contributed by atoms with van der Waals surface area (Å²) in [5, 5.41) is 1.75. The van der Waals surface area contributed by atoms with E-state index in [0.29, 0.717) is 17.7 Å². The molecule has 6 heteroatoms. The molecule has 0 spiro atoms. The normalized spacial score (nSPS) is 16.2. The minimum atomic E-state index is -0.156. The van der Waals surface area contributed by atoms with Gasteiger partial charge in [0.1, 0.15) is 0 Å². The van der Waals surface area contributed by atoms with Gasteiger partial charge in [-0.25, -0.2) is 0 Å². The van der Waals surface area contributed by atoms with Crippen molar-refractivity contribution in [2.75, 3.05) is 44.2 Å². The number of hydrogen-bond acceptors (Lipinski definition) is 4. The third-order valence-corrected chi connectivity index (χ3v) is 6.71. The predicted octanol–water partition coefficient (Wildman–Crippen LogP) is 4.85. The molecule has 0 saturated carbocycles. The summed E-state index contributed by atoms with van der Waals surface area (Å²) in [6.07, 6.45) is 2.95. The zero-order valence-corrected chi connectivity index (χ0v) is 19.6. The number of para-hydroxylation sites is 1. The maximum absolute atomic E-state index is 13.0. The van der Waals surface area contributed by atoms with Crippen molar-refractivity contribution in [2.24, 2.45) is 0 Å². The molecular formula is C27H30ClN3O2. The fourth-order valence-corrected chi connectivity index (χ4v) is 4.93. The Bertz CT molecular complexity index is 1080. The van der Waals surface area contributed by atoms with Gasteiger partial charge in [0.25, 0.3) is 11.8 Å². The van der Waals surface area contributed by atoms with Gasteiger partial charge in [-0.1, -0.05) is 48.9 Å². The number of anilines is 1. The van der Waals surface area contributed by atoms with Gasteiger partial charge in [-0.3, -0.25) is 19.4 Å². The number of unbranched alkanes of at least 4 members (excludes halogenated alkanes) is 2. The lowest BCUT2D eigenvalue weighted by Crippen LogP contribution is -2.46. The number of nitrogens with zero attached hydrogens (tertiary/aromatic N) is 3. The molecule has 2 aliphatic heterocycles. The highest BCUT2D eigenvalue weighted by molar-refractivity contribution is 6.25. The summed E-state index contributed by atoms with van der Waals surface area (Å²) >= 11 is 0. The number of hydrogen-bond donors (Lipinski definition) is 0. The minimum absolute atomic E-state index is 0. The first-order valence-electron chi connectivity index (χ1n) is 11.6. The Balaban J connectivity index is 0.00000259. The molecule has 3 aromatic carbocycles. The van der Waals surface area contributed by atoms with Gasteiger partial charge >= 0.3 is 0 Å². The summed E-state index contributed by atoms with van der Waals surface area (Å²) in [6.45, 7) is 5.85. The predicted molar refractivity (Wildman–Crippen MR) is 136 cm³/mol. The second kappa shape index (κ2) is 10.4. The summed E-state index contributed by atoms with van der Waals surface area (Å²) in [4.78, 5) is 32.3. The van der Waals surface area contributed by atoms with Crippen LogP contribution in [-0.4, -0.2) is 60.9 Å². The fourth-order valence-electron chi connectivity index (χ4n) is 4.93. The molecule has 0 atom stereocenters. The van der Waals surface area contributed by atoms with Gasteiger partial charge in [0.05, 0.1) is 0 Å². The van der Waals surface area contributed by atoms with Crippen molar-refractivity contribution in [3.05, 3.63) is 77.9 Å². The third kappa shape index (κ3) is 4.75. The molecule has 2 aliphatic rings. The van der Waals surface area contributed by atoms with E-state index in [1.54, 1.807) is 0 Å². The van der Waals surface area contributed by atoms with Crippen molar-refractivity contribution in [3.8, 4) is 0 Å². The van der Waals surface area contributed by atoms with Crippen LogP contribution in [0, 0.1) is 0 Å². The second-order valence-electron chi connectivity index (χ2n) is 8.70. The Morgan fingerprint density at radius 3 is 1.88 bits per heavy atom. The number of carbonyl (C=O) groups excluding carboxylic acids is 2. The van der Waals surface area contributed by atoms with Crippen LogP contribution in [0.15, 0.2) is 66.7 Å². The number of imide groups is 1. The average Bonchev–Trinajstić information content (AvgIpc) is 2.85. The van der Waals surface area contributed by atoms with E-state index in [-0.39, 0.29) is 24.2 Å². The first kappa shape index (κ1) is 23.3. The first-order chi connectivity index (χ1) is 15.7. The molecule has 0 unspecified atom stereocenters. The van der Waals surface area contributed by atoms with Gasteiger partial charge in [-0.2, -0.15) is 0 Å². The van der Waals surface area contributed by atoms with Crippen LogP contribution in [0.4, 0.5) is 5.69 Å². The molecule has 0 aliphatic carbocycles. The van der Waals surface area contributed by atoms with E-state index in [1.165, 1.54) is 10.6 Å². The van der Waals surface area contributed by atoms with E-state index in [4.69, 9.17) is 0 Å². The van der Waals surface area contributed by atoms with Crippen molar-refractivity contribution in [3.63, 3.8) is 0 Å². The fraction of sp³-hybridized carbons (Fsp3) is 0.333. The number of benzene rings is 3. The van der Waals surface area contributed by atoms with Crippen molar-refractivity contribution >= 4 is 40.7 Å². The van der Waals surface area contributed by atoms with Crippen molar-refractivity contribution in [1.82, 2.24) is 9.80 Å². The molecule has 0 bridgehead atoms. The van der Waals surface area contributed by atoms with E-state index in [2.05, 4.69) is 40.1 Å². The zero-order valence-electron chi connectivity index (χ0n) is 18.8. The van der Waals surface area contributed by atoms with E-state index in [9.17, 15) is 9.59 Å². The molecule has 0 radical (unpaired) electrons. The summed E-state index contributed by atoms with van der Waals surface area (Å²) in [6, 6.07) is 22.0. The van der Waals surface area contributed by atoms with Crippen LogP contribution in [-0.2, 0) is 0 Å². The lowest BCUT2D eigenvalue weighted by atomic mass is 9.94. The molecule has 2 heterocycles. The van der Waals surface area contributed by atoms with E-state index >= 15 is 0 Å². The highest BCUT2D eigenvalue weighted by atomic mass is 35.5. The quantitative estimate of drug-likeness (QED) is 0.371. The average molecular weight is 464 g/mol. The minimum Gasteiger partial charge on any atom is -0.369 e. The van der Waals surface area contributed by atoms with Gasteiger partial charge in [-0.15, -0.1) is 12.4 Å². The van der Waals surface area contributed by atoms with Crippen LogP contribution in [0.5, 0.6) is 0 Å². The standard InChI is InChI=1S/C27H29N3O2.ClH/c31-26-23-13-7-9-21-10-8-14-24(25(21)23)27(32)30(26)16-6-2-5-15-28-17-19-29(20-18-28)22-11-3-1-4-12-22;/h1,3-4,7-14H,2,5-6,15-20H2;1H. The molecule has 5 rings (SSSR count). The number of rotatable bonds is 7. The topological polar surface area (TPSA) is 43.9 Å². The zero-order chi connectivity index (χ0) is 21.9. The van der Waals surface area contributed by atoms with Crippen LogP contribution in [0.2, 0.25) is 0 Å². The van der Waals surface area contributed by atoms with Gasteiger partial charge in [0, 0.05) is 54.9 Å². The van der Waals surface area contributed by atoms with Crippen LogP contribution >= 0.6 is 12.4 Å². The Labute approximate surface area is 201 Å². The Kier molecular flexibility index (Phi) is 7.31. The van der Waals surface area contributed by atoms with Crippen molar-refractivity contribution in [2.45, 2.75) is 19.3 Å². The highest BCUT2D eigenvalue weighted by Gasteiger charge is 2.32. The van der Waals surface area contributed by atoms with Crippen LogP contribution < -0.4 is 4.90 Å². The van der Waals surface area contributed by atoms with Gasteiger partial charge in [0.2, 0.25) is 0 Å². The number of amides is 2. The molecule has 2 amide bonds. The lowest BCUT2D eigenvalue weighted by Gasteiger charge is -2.36. The van der Waals surface area contributed by atoms with Gasteiger partial charge < -0.3 is 4.90 Å². The van der Waals surface area contributed by atoms with E-state index < -0.39 is 0 Å². The highest BCUT2D eigenvalue weighted by Crippen LogP contribution is 2.30. The van der Waals surface area contributed by atoms with E-state index in [0.717, 1.165) is 62.8 Å². The SMILES string of the molecule is Cl.O=C1c2cccc3cccc(c23)C(=O)N1CCCCCN1CCN(c2ccccc2)CC1. The molecule has 1 saturated heterocycles. The maximum Gasteiger partial charge on any atom is 0.261 e. The molecule has 3 aromatic rings. The maximum atomic E-state index is 13.0. The molecule has 5 nitrogen and oxygen atoms in total. The van der Waals surface area contributed by atoms with Gasteiger partial charge in [0.15, 0.2) is 0 Å². The molecule has 1 fully saturated rings. The third-order valence-electron chi connectivity index (χ3n) is 6.71. The number of carbonyl (C=O) groups is 2. The molecular weight excluding hydrogens is 434 g/mol. The molecule has 0 aromatic heterocycles. The Hall–Kier alpha value is -2.89. The number of piperazine rings is 1. The largest absolute Gasteiger partial charge is 0.369 e. The Morgan fingerprint density at radius 1 is 0.636 bits per heavy atom. The second-order valence-corrected chi connectivity index (χ2v) is 8.70. The summed E-state index contributed by atoms with van der Waals surface area (Å²) in [7, 11) is 0. The molecule has 0 N–H and O–H groups in total. The van der Waals surface area contributed by atoms with Crippen molar-refractivity contribution in [1.29, 1.82) is 0 Å². The van der Waals surface area contributed by atoms with Crippen LogP contribution in [0.1, 0.15) is 40.0 Å². The summed E-state index contributed by atoms with van der Waals surface area (Å²) in [5.41, 5.74) is 2.60. The number of halogens is 1. The molecule has 172 valence electrons.